The Morgan fingerprint density at radius 3 is 2.36 bits per heavy atom. The number of aliphatic hydroxyl groups excluding tert-OH is 3. The molecule has 28 heavy (non-hydrogen) atoms. The number of aromatic nitrogens is 2. The van der Waals surface area contributed by atoms with Crippen LogP contribution in [0.2, 0.25) is 0 Å². The van der Waals surface area contributed by atoms with Gasteiger partial charge in [0.2, 0.25) is 0 Å². The zero-order valence-corrected chi connectivity index (χ0v) is 14.9. The van der Waals surface area contributed by atoms with Gasteiger partial charge in [0.05, 0.1) is 13.2 Å². The van der Waals surface area contributed by atoms with Crippen LogP contribution in [0.5, 0.6) is 0 Å². The number of hydrogen-bond donors (Lipinski definition) is 3. The van der Waals surface area contributed by atoms with E-state index in [9.17, 15) is 33.7 Å². The van der Waals surface area contributed by atoms with E-state index in [2.05, 4.69) is 0 Å². The van der Waals surface area contributed by atoms with Crippen LogP contribution >= 0.6 is 0 Å². The van der Waals surface area contributed by atoms with Crippen molar-refractivity contribution in [3.05, 3.63) is 68.5 Å². The maximum atomic E-state index is 14.6. The third kappa shape index (κ3) is 3.51. The average Bonchev–Trinajstić information content (AvgIpc) is 2.97. The molecule has 3 rings (SSSR count). The van der Waals surface area contributed by atoms with Crippen molar-refractivity contribution in [2.75, 3.05) is 6.61 Å². The third-order valence-corrected chi connectivity index (χ3v) is 4.71. The van der Waals surface area contributed by atoms with Crippen molar-refractivity contribution in [2.45, 2.75) is 43.9 Å². The number of ether oxygens (including phenoxy) is 1. The highest BCUT2D eigenvalue weighted by atomic mass is 19.3. The van der Waals surface area contributed by atoms with Crippen LogP contribution in [0.3, 0.4) is 0 Å². The molecule has 0 aliphatic carbocycles. The van der Waals surface area contributed by atoms with Gasteiger partial charge in [-0.05, 0) is 6.92 Å². The van der Waals surface area contributed by atoms with Gasteiger partial charge in [-0.25, -0.2) is 4.79 Å². The number of hydrogen-bond acceptors (Lipinski definition) is 6. The van der Waals surface area contributed by atoms with E-state index in [1.165, 1.54) is 31.2 Å². The highest BCUT2D eigenvalue weighted by Crippen LogP contribution is 2.30. The molecule has 10 heteroatoms. The van der Waals surface area contributed by atoms with E-state index >= 15 is 0 Å². The lowest BCUT2D eigenvalue weighted by atomic mass is 10.1. The van der Waals surface area contributed by atoms with E-state index in [4.69, 9.17) is 4.74 Å². The van der Waals surface area contributed by atoms with Gasteiger partial charge in [-0.3, -0.25) is 13.9 Å². The Hall–Kier alpha value is -2.40. The van der Waals surface area contributed by atoms with E-state index in [0.29, 0.717) is 4.57 Å². The number of halogens is 2. The maximum Gasteiger partial charge on any atom is 0.333 e. The Balaban J connectivity index is 2.04. The summed E-state index contributed by atoms with van der Waals surface area (Å²) in [6.07, 6.45) is -4.58. The van der Waals surface area contributed by atoms with Gasteiger partial charge < -0.3 is 20.1 Å². The maximum absolute atomic E-state index is 14.6. The van der Waals surface area contributed by atoms with Crippen molar-refractivity contribution in [3.63, 3.8) is 0 Å². The molecule has 1 aliphatic rings. The second kappa shape index (κ2) is 7.55. The first-order chi connectivity index (χ1) is 13.2. The number of rotatable bonds is 5. The van der Waals surface area contributed by atoms with Crippen molar-refractivity contribution < 1.29 is 28.8 Å². The molecule has 2 aromatic rings. The zero-order chi connectivity index (χ0) is 20.6. The van der Waals surface area contributed by atoms with E-state index in [0.717, 1.165) is 10.8 Å². The molecular weight excluding hydrogens is 378 g/mol. The van der Waals surface area contributed by atoms with Crippen molar-refractivity contribution in [1.29, 1.82) is 0 Å². The van der Waals surface area contributed by atoms with Crippen LogP contribution in [0, 0.1) is 6.92 Å². The fourth-order valence-electron chi connectivity index (χ4n) is 3.16. The third-order valence-electron chi connectivity index (χ3n) is 4.71. The van der Waals surface area contributed by atoms with Gasteiger partial charge in [-0.15, -0.1) is 0 Å². The Morgan fingerprint density at radius 1 is 1.14 bits per heavy atom. The fourth-order valence-corrected chi connectivity index (χ4v) is 3.16. The van der Waals surface area contributed by atoms with Gasteiger partial charge in [0.25, 0.3) is 11.5 Å². The molecule has 2 heterocycles. The van der Waals surface area contributed by atoms with Gasteiger partial charge in [-0.2, -0.15) is 8.78 Å². The molecule has 1 aromatic carbocycles. The molecule has 8 nitrogen and oxygen atoms in total. The molecule has 3 unspecified atom stereocenters. The lowest BCUT2D eigenvalue weighted by Gasteiger charge is -2.22. The minimum Gasteiger partial charge on any atom is -0.394 e. The number of aliphatic hydroxyl groups is 3. The highest BCUT2D eigenvalue weighted by Gasteiger charge is 2.44. The molecule has 0 saturated carbocycles. The SMILES string of the molecule is Cc1cn(C2O[C@H](CO)C(O)C2O)c(=O)n(CC(F)(F)c2ccccc2)c1=O. The van der Waals surface area contributed by atoms with Gasteiger partial charge in [0.15, 0.2) is 6.23 Å². The van der Waals surface area contributed by atoms with Crippen LogP contribution in [0.15, 0.2) is 46.1 Å². The monoisotopic (exact) mass is 398 g/mol. The fraction of sp³-hybridized carbons (Fsp3) is 0.444. The van der Waals surface area contributed by atoms with Crippen molar-refractivity contribution in [2.24, 2.45) is 0 Å². The highest BCUT2D eigenvalue weighted by molar-refractivity contribution is 5.20. The summed E-state index contributed by atoms with van der Waals surface area (Å²) in [4.78, 5) is 25.1. The standard InChI is InChI=1S/C18H20F2N2O6/c1-10-7-21(16-14(25)13(24)12(8-23)28-16)17(27)22(15(10)26)9-18(19,20)11-5-3-2-4-6-11/h2-7,12-14,16,23-25H,8-9H2,1H3/t12-,13?,14?,16?/m1/s1. The summed E-state index contributed by atoms with van der Waals surface area (Å²) >= 11 is 0. The van der Waals surface area contributed by atoms with Crippen molar-refractivity contribution >= 4 is 0 Å². The molecule has 0 radical (unpaired) electrons. The van der Waals surface area contributed by atoms with Crippen LogP contribution in [0.25, 0.3) is 0 Å². The number of aryl methyl sites for hydroxylation is 1. The first-order valence-corrected chi connectivity index (χ1v) is 8.55. The molecule has 1 fully saturated rings. The van der Waals surface area contributed by atoms with Crippen LogP contribution in [0.1, 0.15) is 17.4 Å². The molecular formula is C18H20F2N2O6. The molecule has 3 N–H and O–H groups in total. The summed E-state index contributed by atoms with van der Waals surface area (Å²) in [6.45, 7) is -0.490. The van der Waals surface area contributed by atoms with Gasteiger partial charge in [0, 0.05) is 17.3 Å². The molecule has 0 bridgehead atoms. The molecule has 1 saturated heterocycles. The predicted molar refractivity (Wildman–Crippen MR) is 93.0 cm³/mol. The summed E-state index contributed by atoms with van der Waals surface area (Å²) in [5, 5.41) is 29.2. The van der Waals surface area contributed by atoms with Crippen LogP contribution < -0.4 is 11.2 Å². The zero-order valence-electron chi connectivity index (χ0n) is 14.9. The van der Waals surface area contributed by atoms with E-state index in [-0.39, 0.29) is 11.1 Å². The second-order valence-corrected chi connectivity index (χ2v) is 6.69. The largest absolute Gasteiger partial charge is 0.394 e. The predicted octanol–water partition coefficient (Wildman–Crippen LogP) is -0.278. The van der Waals surface area contributed by atoms with Gasteiger partial charge >= 0.3 is 5.69 Å². The summed E-state index contributed by atoms with van der Waals surface area (Å²) in [5.41, 5.74) is -2.41. The first-order valence-electron chi connectivity index (χ1n) is 8.55. The van der Waals surface area contributed by atoms with Crippen molar-refractivity contribution in [1.82, 2.24) is 9.13 Å². The average molecular weight is 398 g/mol. The number of alkyl halides is 2. The quantitative estimate of drug-likeness (QED) is 0.639. The van der Waals surface area contributed by atoms with Crippen molar-refractivity contribution in [3.8, 4) is 0 Å². The Morgan fingerprint density at radius 2 is 1.79 bits per heavy atom. The smallest absolute Gasteiger partial charge is 0.333 e. The van der Waals surface area contributed by atoms with Crippen LogP contribution in [0.4, 0.5) is 8.78 Å². The minimum atomic E-state index is -3.50. The Kier molecular flexibility index (Phi) is 5.48. The molecule has 4 atom stereocenters. The summed E-state index contributed by atoms with van der Waals surface area (Å²) in [5.74, 6) is -3.50. The van der Waals surface area contributed by atoms with E-state index < -0.39 is 54.9 Å². The molecule has 1 aromatic heterocycles. The van der Waals surface area contributed by atoms with Crippen LogP contribution in [-0.4, -0.2) is 49.4 Å². The topological polar surface area (TPSA) is 114 Å². The number of nitrogens with zero attached hydrogens (tertiary/aromatic N) is 2. The Labute approximate surface area is 157 Å². The minimum absolute atomic E-state index is 0.0267. The molecule has 152 valence electrons. The Bertz CT molecular complexity index is 959. The van der Waals surface area contributed by atoms with Gasteiger partial charge in [0.1, 0.15) is 18.3 Å². The molecule has 0 spiro atoms. The molecule has 0 amide bonds. The number of benzene rings is 1. The van der Waals surface area contributed by atoms with Crippen LogP contribution in [-0.2, 0) is 17.2 Å². The van der Waals surface area contributed by atoms with E-state index in [1.807, 2.05) is 0 Å². The molecule has 1 aliphatic heterocycles. The normalized spacial score (nSPS) is 25.2. The summed E-state index contributed by atoms with van der Waals surface area (Å²) in [7, 11) is 0. The summed E-state index contributed by atoms with van der Waals surface area (Å²) < 4.78 is 35.7. The second-order valence-electron chi connectivity index (χ2n) is 6.69. The first kappa shape index (κ1) is 20.3. The lowest BCUT2D eigenvalue weighted by molar-refractivity contribution is -0.0578. The van der Waals surface area contributed by atoms with Gasteiger partial charge in [-0.1, -0.05) is 30.3 Å². The lowest BCUT2D eigenvalue weighted by Crippen LogP contribution is -2.46. The van der Waals surface area contributed by atoms with E-state index in [1.54, 1.807) is 6.07 Å². The summed E-state index contributed by atoms with van der Waals surface area (Å²) in [6, 6.07) is 6.77.